The second-order valence-corrected chi connectivity index (χ2v) is 5.38. The van der Waals surface area contributed by atoms with Gasteiger partial charge < -0.3 is 15.3 Å². The second kappa shape index (κ2) is 6.95. The van der Waals surface area contributed by atoms with Crippen LogP contribution in [0.5, 0.6) is 5.75 Å². The van der Waals surface area contributed by atoms with E-state index in [9.17, 15) is 5.11 Å². The molecule has 1 fully saturated rings. The number of phenolic OH excluding ortho intramolecular Hbond substituents is 1. The second-order valence-electron chi connectivity index (χ2n) is 5.38. The van der Waals surface area contributed by atoms with E-state index in [4.69, 9.17) is 0 Å². The van der Waals surface area contributed by atoms with Crippen molar-refractivity contribution in [2.45, 2.75) is 26.8 Å². The number of nitrogens with one attached hydrogen (secondary N) is 1. The Hall–Kier alpha value is -1.26. The zero-order valence-corrected chi connectivity index (χ0v) is 12.9. The van der Waals surface area contributed by atoms with Crippen molar-refractivity contribution in [3.63, 3.8) is 0 Å². The van der Waals surface area contributed by atoms with Crippen LogP contribution in [0.3, 0.4) is 0 Å². The summed E-state index contributed by atoms with van der Waals surface area (Å²) < 4.78 is 0. The van der Waals surface area contributed by atoms with Crippen LogP contribution in [-0.4, -0.2) is 49.3 Å². The Morgan fingerprint density at radius 1 is 1.25 bits per heavy atom. The summed E-state index contributed by atoms with van der Waals surface area (Å²) in [6.07, 6.45) is 0. The van der Waals surface area contributed by atoms with Gasteiger partial charge in [-0.2, -0.15) is 0 Å². The monoisotopic (exact) mass is 277 g/mol. The number of hydrogen-bond donors (Lipinski definition) is 2. The first kappa shape index (κ1) is 15.1. The van der Waals surface area contributed by atoms with Crippen molar-refractivity contribution in [1.29, 1.82) is 0 Å². The number of phenols is 1. The highest BCUT2D eigenvalue weighted by Crippen LogP contribution is 2.32. The van der Waals surface area contributed by atoms with Gasteiger partial charge in [0.1, 0.15) is 5.75 Å². The number of anilines is 1. The van der Waals surface area contributed by atoms with Gasteiger partial charge in [0.2, 0.25) is 0 Å². The van der Waals surface area contributed by atoms with Crippen molar-refractivity contribution < 1.29 is 5.11 Å². The van der Waals surface area contributed by atoms with Gasteiger partial charge in [0.05, 0.1) is 0 Å². The standard InChI is InChI=1S/C16H27N3O/c1-4-18(5-2)14-6-7-15(16(20)12-14)13(3)19-10-8-17-9-11-19/h6-7,12-13,17,20H,4-5,8-11H2,1-3H3/t13-/m0/s1. The predicted octanol–water partition coefficient (Wildman–Crippen LogP) is 2.20. The first-order chi connectivity index (χ1) is 9.67. The lowest BCUT2D eigenvalue weighted by atomic mass is 10.0. The maximum atomic E-state index is 10.4. The van der Waals surface area contributed by atoms with Gasteiger partial charge in [-0.15, -0.1) is 0 Å². The maximum Gasteiger partial charge on any atom is 0.122 e. The molecule has 0 unspecified atom stereocenters. The smallest absolute Gasteiger partial charge is 0.122 e. The van der Waals surface area contributed by atoms with Crippen molar-refractivity contribution in [2.75, 3.05) is 44.2 Å². The van der Waals surface area contributed by atoms with Crippen LogP contribution in [0.2, 0.25) is 0 Å². The topological polar surface area (TPSA) is 38.7 Å². The summed E-state index contributed by atoms with van der Waals surface area (Å²) >= 11 is 0. The van der Waals surface area contributed by atoms with Gasteiger partial charge >= 0.3 is 0 Å². The lowest BCUT2D eigenvalue weighted by Gasteiger charge is -2.33. The van der Waals surface area contributed by atoms with Gasteiger partial charge in [0.15, 0.2) is 0 Å². The molecule has 2 N–H and O–H groups in total. The van der Waals surface area contributed by atoms with E-state index in [0.717, 1.165) is 50.5 Å². The van der Waals surface area contributed by atoms with E-state index in [0.29, 0.717) is 5.75 Å². The third-order valence-corrected chi connectivity index (χ3v) is 4.29. The molecule has 1 heterocycles. The van der Waals surface area contributed by atoms with E-state index in [1.54, 1.807) is 0 Å². The number of nitrogens with zero attached hydrogens (tertiary/aromatic N) is 2. The van der Waals surface area contributed by atoms with Gasteiger partial charge in [-0.05, 0) is 26.8 Å². The van der Waals surface area contributed by atoms with Crippen molar-refractivity contribution in [3.05, 3.63) is 23.8 Å². The molecule has 1 aliphatic heterocycles. The van der Waals surface area contributed by atoms with Crippen molar-refractivity contribution in [3.8, 4) is 5.75 Å². The van der Waals surface area contributed by atoms with Crippen LogP contribution in [-0.2, 0) is 0 Å². The normalized spacial score (nSPS) is 17.9. The summed E-state index contributed by atoms with van der Waals surface area (Å²) in [6.45, 7) is 12.5. The average Bonchev–Trinajstić information content (AvgIpc) is 2.49. The Balaban J connectivity index is 2.16. The molecular formula is C16H27N3O. The Bertz CT molecular complexity index is 426. The molecule has 2 rings (SSSR count). The summed E-state index contributed by atoms with van der Waals surface area (Å²) in [5.74, 6) is 0.417. The molecule has 1 aromatic rings. The molecular weight excluding hydrogens is 250 g/mol. The highest BCUT2D eigenvalue weighted by molar-refractivity contribution is 5.54. The Morgan fingerprint density at radius 3 is 2.45 bits per heavy atom. The van der Waals surface area contributed by atoms with Crippen molar-refractivity contribution in [2.24, 2.45) is 0 Å². The first-order valence-electron chi connectivity index (χ1n) is 7.70. The molecule has 112 valence electrons. The lowest BCUT2D eigenvalue weighted by Crippen LogP contribution is -2.44. The molecule has 0 bridgehead atoms. The van der Waals surface area contributed by atoms with Crippen LogP contribution in [0.4, 0.5) is 5.69 Å². The van der Waals surface area contributed by atoms with E-state index in [1.807, 2.05) is 6.07 Å². The van der Waals surface area contributed by atoms with Crippen LogP contribution < -0.4 is 10.2 Å². The number of rotatable bonds is 5. The number of benzene rings is 1. The zero-order chi connectivity index (χ0) is 14.5. The minimum atomic E-state index is 0.267. The zero-order valence-electron chi connectivity index (χ0n) is 12.9. The minimum Gasteiger partial charge on any atom is -0.508 e. The average molecular weight is 277 g/mol. The number of hydrogen-bond acceptors (Lipinski definition) is 4. The molecule has 4 nitrogen and oxygen atoms in total. The summed E-state index contributed by atoms with van der Waals surface area (Å²) in [5, 5.41) is 13.7. The van der Waals surface area contributed by atoms with Crippen LogP contribution in [0.15, 0.2) is 18.2 Å². The van der Waals surface area contributed by atoms with Crippen LogP contribution in [0.25, 0.3) is 0 Å². The number of piperazine rings is 1. The Morgan fingerprint density at radius 2 is 1.90 bits per heavy atom. The van der Waals surface area contributed by atoms with Crippen molar-refractivity contribution in [1.82, 2.24) is 10.2 Å². The third-order valence-electron chi connectivity index (χ3n) is 4.29. The Labute approximate surface area is 122 Å². The predicted molar refractivity (Wildman–Crippen MR) is 84.5 cm³/mol. The fraction of sp³-hybridized carbons (Fsp3) is 0.625. The van der Waals surface area contributed by atoms with Crippen LogP contribution >= 0.6 is 0 Å². The van der Waals surface area contributed by atoms with Crippen molar-refractivity contribution >= 4 is 5.69 Å². The fourth-order valence-electron chi connectivity index (χ4n) is 2.94. The Kier molecular flexibility index (Phi) is 5.26. The number of aromatic hydroxyl groups is 1. The van der Waals surface area contributed by atoms with Gasteiger partial charge in [-0.25, -0.2) is 0 Å². The van der Waals surface area contributed by atoms with E-state index in [2.05, 4.69) is 48.0 Å². The van der Waals surface area contributed by atoms with E-state index < -0.39 is 0 Å². The molecule has 1 saturated heterocycles. The quantitative estimate of drug-likeness (QED) is 0.865. The van der Waals surface area contributed by atoms with E-state index in [1.165, 1.54) is 0 Å². The SMILES string of the molecule is CCN(CC)c1ccc([C@H](C)N2CCNCC2)c(O)c1. The molecule has 1 aromatic carbocycles. The van der Waals surface area contributed by atoms with Crippen LogP contribution in [0.1, 0.15) is 32.4 Å². The first-order valence-corrected chi connectivity index (χ1v) is 7.70. The molecule has 0 radical (unpaired) electrons. The summed E-state index contributed by atoms with van der Waals surface area (Å²) in [6, 6.07) is 6.38. The molecule has 0 aliphatic carbocycles. The molecule has 0 aromatic heterocycles. The minimum absolute atomic E-state index is 0.267. The highest BCUT2D eigenvalue weighted by Gasteiger charge is 2.20. The molecule has 20 heavy (non-hydrogen) atoms. The molecule has 4 heteroatoms. The summed E-state index contributed by atoms with van der Waals surface area (Å²) in [7, 11) is 0. The summed E-state index contributed by atoms with van der Waals surface area (Å²) in [4.78, 5) is 4.67. The van der Waals surface area contributed by atoms with Gasteiger partial charge in [-0.1, -0.05) is 6.07 Å². The molecule has 0 spiro atoms. The highest BCUT2D eigenvalue weighted by atomic mass is 16.3. The van der Waals surface area contributed by atoms with E-state index >= 15 is 0 Å². The van der Waals surface area contributed by atoms with E-state index in [-0.39, 0.29) is 6.04 Å². The summed E-state index contributed by atoms with van der Waals surface area (Å²) in [5.41, 5.74) is 2.13. The molecule has 1 atom stereocenters. The molecule has 1 aliphatic rings. The maximum absolute atomic E-state index is 10.4. The third kappa shape index (κ3) is 3.25. The van der Waals surface area contributed by atoms with Gasteiger partial charge in [0, 0.05) is 62.6 Å². The molecule has 0 saturated carbocycles. The van der Waals surface area contributed by atoms with Crippen LogP contribution in [0, 0.1) is 0 Å². The van der Waals surface area contributed by atoms with Gasteiger partial charge in [-0.3, -0.25) is 4.90 Å². The van der Waals surface area contributed by atoms with Gasteiger partial charge in [0.25, 0.3) is 0 Å². The lowest BCUT2D eigenvalue weighted by molar-refractivity contribution is 0.183. The fourth-order valence-corrected chi connectivity index (χ4v) is 2.94. The molecule has 0 amide bonds. The largest absolute Gasteiger partial charge is 0.508 e.